The summed E-state index contributed by atoms with van der Waals surface area (Å²) >= 11 is 1.22. The van der Waals surface area contributed by atoms with Gasteiger partial charge in [-0.15, -0.1) is 10.2 Å². The summed E-state index contributed by atoms with van der Waals surface area (Å²) in [5.41, 5.74) is 1.38. The number of ketones is 1. The molecule has 0 bridgehead atoms. The molecule has 23 heavy (non-hydrogen) atoms. The molecule has 3 aromatic rings. The van der Waals surface area contributed by atoms with Crippen LogP contribution in [0.3, 0.4) is 0 Å². The first-order valence-corrected chi connectivity index (χ1v) is 7.63. The molecule has 0 unspecified atom stereocenters. The number of nitrogens with zero attached hydrogens (tertiary/aromatic N) is 3. The van der Waals surface area contributed by atoms with Crippen molar-refractivity contribution < 1.29 is 9.59 Å². The highest BCUT2D eigenvalue weighted by molar-refractivity contribution is 7.18. The van der Waals surface area contributed by atoms with Gasteiger partial charge in [0, 0.05) is 11.8 Å². The molecule has 6 nitrogen and oxygen atoms in total. The molecule has 0 atom stereocenters. The predicted octanol–water partition coefficient (Wildman–Crippen LogP) is 3.06. The van der Waals surface area contributed by atoms with Crippen LogP contribution in [0.15, 0.2) is 48.7 Å². The molecule has 1 amide bonds. The Labute approximate surface area is 136 Å². The first-order valence-electron chi connectivity index (χ1n) is 6.81. The lowest BCUT2D eigenvalue weighted by Gasteiger charge is -2.05. The number of anilines is 1. The van der Waals surface area contributed by atoms with Crippen molar-refractivity contribution in [1.82, 2.24) is 15.2 Å². The number of carbonyl (C=O) groups excluding carboxylic acids is 2. The Bertz CT molecular complexity index is 861. The Kier molecular flexibility index (Phi) is 4.20. The normalized spacial score (nSPS) is 10.3. The van der Waals surface area contributed by atoms with E-state index >= 15 is 0 Å². The Hall–Kier alpha value is -2.93. The highest BCUT2D eigenvalue weighted by Gasteiger charge is 2.16. The third-order valence-electron chi connectivity index (χ3n) is 3.08. The average Bonchev–Trinajstić information content (AvgIpc) is 3.04. The van der Waals surface area contributed by atoms with Crippen LogP contribution in [0.5, 0.6) is 0 Å². The number of nitrogens with one attached hydrogen (secondary N) is 1. The Morgan fingerprint density at radius 3 is 2.43 bits per heavy atom. The summed E-state index contributed by atoms with van der Waals surface area (Å²) in [6, 6.07) is 12.1. The van der Waals surface area contributed by atoms with E-state index in [9.17, 15) is 9.59 Å². The molecule has 0 radical (unpaired) electrons. The molecule has 114 valence electrons. The third kappa shape index (κ3) is 3.29. The lowest BCUT2D eigenvalue weighted by molar-refractivity contribution is 0.0985. The van der Waals surface area contributed by atoms with Crippen molar-refractivity contribution in [2.45, 2.75) is 6.92 Å². The standard InChI is InChI=1S/C16H12N4O2S/c1-10(21)11-6-2-3-7-12(11)14(22)18-16-20-19-15(23-16)13-8-4-5-9-17-13/h2-9H,1H3,(H,18,20,22). The first-order chi connectivity index (χ1) is 11.1. The van der Waals surface area contributed by atoms with Gasteiger partial charge in [0.25, 0.3) is 5.91 Å². The lowest BCUT2D eigenvalue weighted by atomic mass is 10.0. The third-order valence-corrected chi connectivity index (χ3v) is 3.94. The maximum atomic E-state index is 12.3. The molecule has 3 rings (SSSR count). The van der Waals surface area contributed by atoms with Crippen LogP contribution in [0, 0.1) is 0 Å². The van der Waals surface area contributed by atoms with E-state index in [1.165, 1.54) is 18.3 Å². The van der Waals surface area contributed by atoms with Crippen LogP contribution in [-0.2, 0) is 0 Å². The summed E-state index contributed by atoms with van der Waals surface area (Å²) in [5.74, 6) is -0.554. The van der Waals surface area contributed by atoms with E-state index in [4.69, 9.17) is 0 Å². The Balaban J connectivity index is 1.82. The first kappa shape index (κ1) is 15.0. The molecule has 7 heteroatoms. The van der Waals surface area contributed by atoms with Gasteiger partial charge in [0.1, 0.15) is 5.69 Å². The summed E-state index contributed by atoms with van der Waals surface area (Å²) in [6.07, 6.45) is 1.66. The number of aromatic nitrogens is 3. The van der Waals surface area contributed by atoms with Crippen LogP contribution < -0.4 is 5.32 Å². The smallest absolute Gasteiger partial charge is 0.258 e. The Morgan fingerprint density at radius 1 is 1.00 bits per heavy atom. The summed E-state index contributed by atoms with van der Waals surface area (Å²) in [7, 11) is 0. The molecular weight excluding hydrogens is 312 g/mol. The molecule has 0 aliphatic heterocycles. The minimum Gasteiger partial charge on any atom is -0.296 e. The number of benzene rings is 1. The van der Waals surface area contributed by atoms with Gasteiger partial charge in [-0.3, -0.25) is 19.9 Å². The minimum atomic E-state index is -0.389. The van der Waals surface area contributed by atoms with Gasteiger partial charge in [0.2, 0.25) is 5.13 Å². The summed E-state index contributed by atoms with van der Waals surface area (Å²) in [6.45, 7) is 1.43. The molecule has 2 heterocycles. The van der Waals surface area contributed by atoms with Crippen molar-refractivity contribution in [3.63, 3.8) is 0 Å². The van der Waals surface area contributed by atoms with E-state index in [1.807, 2.05) is 18.2 Å². The number of Topliss-reactive ketones (excluding diaryl/α,β-unsaturated/α-hetero) is 1. The van der Waals surface area contributed by atoms with Gasteiger partial charge < -0.3 is 0 Å². The van der Waals surface area contributed by atoms with Gasteiger partial charge >= 0.3 is 0 Å². The topological polar surface area (TPSA) is 84.8 Å². The van der Waals surface area contributed by atoms with Gasteiger partial charge in [-0.1, -0.05) is 35.6 Å². The minimum absolute atomic E-state index is 0.165. The van der Waals surface area contributed by atoms with E-state index in [1.54, 1.807) is 30.5 Å². The van der Waals surface area contributed by atoms with Gasteiger partial charge in [-0.2, -0.15) is 0 Å². The summed E-state index contributed by atoms with van der Waals surface area (Å²) in [4.78, 5) is 28.1. The van der Waals surface area contributed by atoms with Crippen LogP contribution >= 0.6 is 11.3 Å². The summed E-state index contributed by atoms with van der Waals surface area (Å²) in [5, 5.41) is 11.6. The van der Waals surface area contributed by atoms with Gasteiger partial charge in [0.15, 0.2) is 10.8 Å². The molecule has 0 saturated heterocycles. The molecule has 0 saturated carbocycles. The van der Waals surface area contributed by atoms with E-state index in [0.29, 0.717) is 27.0 Å². The maximum absolute atomic E-state index is 12.3. The van der Waals surface area contributed by atoms with E-state index in [2.05, 4.69) is 20.5 Å². The second-order valence-electron chi connectivity index (χ2n) is 4.68. The number of carbonyl (C=O) groups is 2. The molecule has 0 fully saturated rings. The fourth-order valence-electron chi connectivity index (χ4n) is 2.02. The quantitative estimate of drug-likeness (QED) is 0.746. The molecule has 0 aliphatic rings. The predicted molar refractivity (Wildman–Crippen MR) is 87.5 cm³/mol. The number of rotatable bonds is 4. The van der Waals surface area contributed by atoms with Crippen molar-refractivity contribution in [1.29, 1.82) is 0 Å². The SMILES string of the molecule is CC(=O)c1ccccc1C(=O)Nc1nnc(-c2ccccn2)s1. The zero-order valence-electron chi connectivity index (χ0n) is 12.2. The number of pyridine rings is 1. The van der Waals surface area contributed by atoms with E-state index < -0.39 is 0 Å². The van der Waals surface area contributed by atoms with E-state index in [-0.39, 0.29) is 11.7 Å². The molecule has 0 aliphatic carbocycles. The zero-order valence-corrected chi connectivity index (χ0v) is 13.0. The monoisotopic (exact) mass is 324 g/mol. The molecule has 0 spiro atoms. The van der Waals surface area contributed by atoms with Crippen LogP contribution in [-0.4, -0.2) is 26.9 Å². The van der Waals surface area contributed by atoms with Crippen LogP contribution in [0.1, 0.15) is 27.6 Å². The zero-order chi connectivity index (χ0) is 16.2. The fraction of sp³-hybridized carbons (Fsp3) is 0.0625. The van der Waals surface area contributed by atoms with Crippen molar-refractivity contribution in [3.05, 3.63) is 59.8 Å². The molecule has 2 aromatic heterocycles. The van der Waals surface area contributed by atoms with Crippen molar-refractivity contribution in [2.24, 2.45) is 0 Å². The van der Waals surface area contributed by atoms with Crippen molar-refractivity contribution in [3.8, 4) is 10.7 Å². The van der Waals surface area contributed by atoms with Crippen LogP contribution in [0.25, 0.3) is 10.7 Å². The molecular formula is C16H12N4O2S. The maximum Gasteiger partial charge on any atom is 0.258 e. The Morgan fingerprint density at radius 2 is 1.74 bits per heavy atom. The van der Waals surface area contributed by atoms with E-state index in [0.717, 1.165) is 0 Å². The van der Waals surface area contributed by atoms with Crippen LogP contribution in [0.4, 0.5) is 5.13 Å². The van der Waals surface area contributed by atoms with Crippen molar-refractivity contribution in [2.75, 3.05) is 5.32 Å². The second-order valence-corrected chi connectivity index (χ2v) is 5.66. The second kappa shape index (κ2) is 6.45. The summed E-state index contributed by atoms with van der Waals surface area (Å²) < 4.78 is 0. The molecule has 1 N–H and O–H groups in total. The molecule has 1 aromatic carbocycles. The number of amides is 1. The van der Waals surface area contributed by atoms with Gasteiger partial charge in [-0.05, 0) is 25.1 Å². The van der Waals surface area contributed by atoms with Gasteiger partial charge in [-0.25, -0.2) is 0 Å². The highest BCUT2D eigenvalue weighted by Crippen LogP contribution is 2.25. The van der Waals surface area contributed by atoms with Crippen molar-refractivity contribution >= 4 is 28.2 Å². The lowest BCUT2D eigenvalue weighted by Crippen LogP contribution is -2.15. The average molecular weight is 324 g/mol. The fourth-order valence-corrected chi connectivity index (χ4v) is 2.73. The van der Waals surface area contributed by atoms with Crippen LogP contribution in [0.2, 0.25) is 0 Å². The largest absolute Gasteiger partial charge is 0.296 e. The highest BCUT2D eigenvalue weighted by atomic mass is 32.1. The number of hydrogen-bond donors (Lipinski definition) is 1. The van der Waals surface area contributed by atoms with Gasteiger partial charge in [0.05, 0.1) is 5.56 Å². The number of hydrogen-bond acceptors (Lipinski definition) is 6.